The average Bonchev–Trinajstić information content (AvgIpc) is 2.59. The predicted molar refractivity (Wildman–Crippen MR) is 81.2 cm³/mol. The maximum Gasteiger partial charge on any atom is 0.224 e. The molecule has 1 aromatic rings. The molecule has 1 aliphatic rings. The Balaban J connectivity index is 1.94. The molecule has 3 nitrogen and oxygen atoms in total. The second-order valence-corrected chi connectivity index (χ2v) is 6.14. The third-order valence-electron chi connectivity index (χ3n) is 3.69. The maximum absolute atomic E-state index is 12.1. The van der Waals surface area contributed by atoms with Gasteiger partial charge in [-0.15, -0.1) is 0 Å². The van der Waals surface area contributed by atoms with Crippen molar-refractivity contribution >= 4 is 29.1 Å². The number of amides is 1. The van der Waals surface area contributed by atoms with E-state index in [0.29, 0.717) is 10.0 Å². The second-order valence-electron chi connectivity index (χ2n) is 5.29. The second kappa shape index (κ2) is 7.30. The van der Waals surface area contributed by atoms with Crippen molar-refractivity contribution in [1.82, 2.24) is 5.32 Å². The minimum absolute atomic E-state index is 0.111. The highest BCUT2D eigenvalue weighted by Gasteiger charge is 2.23. The Morgan fingerprint density at radius 3 is 2.75 bits per heavy atom. The SMILES string of the molecule is O=C(Cc1ccc(Cl)cc1Cl)NC1CCCCCC1O. The molecule has 1 saturated carbocycles. The topological polar surface area (TPSA) is 49.3 Å². The molecule has 1 amide bonds. The van der Waals surface area contributed by atoms with Gasteiger partial charge in [-0.2, -0.15) is 0 Å². The minimum atomic E-state index is -0.442. The summed E-state index contributed by atoms with van der Waals surface area (Å²) in [6.45, 7) is 0. The molecule has 0 radical (unpaired) electrons. The van der Waals surface area contributed by atoms with Crippen molar-refractivity contribution in [2.45, 2.75) is 50.7 Å². The van der Waals surface area contributed by atoms with Crippen molar-refractivity contribution in [1.29, 1.82) is 0 Å². The smallest absolute Gasteiger partial charge is 0.224 e. The van der Waals surface area contributed by atoms with Crippen LogP contribution in [-0.2, 0) is 11.2 Å². The van der Waals surface area contributed by atoms with E-state index < -0.39 is 6.10 Å². The molecule has 0 spiro atoms. The number of rotatable bonds is 3. The van der Waals surface area contributed by atoms with Crippen LogP contribution < -0.4 is 5.32 Å². The number of aliphatic hydroxyl groups excluding tert-OH is 1. The van der Waals surface area contributed by atoms with Crippen LogP contribution in [0, 0.1) is 0 Å². The summed E-state index contributed by atoms with van der Waals surface area (Å²) in [5.74, 6) is -0.111. The molecule has 0 aromatic heterocycles. The molecule has 2 N–H and O–H groups in total. The van der Waals surface area contributed by atoms with Gasteiger partial charge in [0.25, 0.3) is 0 Å². The zero-order valence-electron chi connectivity index (χ0n) is 11.2. The highest BCUT2D eigenvalue weighted by Crippen LogP contribution is 2.22. The molecule has 2 rings (SSSR count). The quantitative estimate of drug-likeness (QED) is 0.840. The molecule has 1 fully saturated rings. The first-order valence-corrected chi connectivity index (χ1v) is 7.73. The Hall–Kier alpha value is -0.770. The fourth-order valence-electron chi connectivity index (χ4n) is 2.55. The number of hydrogen-bond donors (Lipinski definition) is 2. The third-order valence-corrected chi connectivity index (χ3v) is 4.28. The van der Waals surface area contributed by atoms with Crippen LogP contribution in [0.15, 0.2) is 18.2 Å². The van der Waals surface area contributed by atoms with E-state index >= 15 is 0 Å². The zero-order chi connectivity index (χ0) is 14.5. The first-order valence-electron chi connectivity index (χ1n) is 6.97. The average molecular weight is 316 g/mol. The molecule has 2 unspecified atom stereocenters. The summed E-state index contributed by atoms with van der Waals surface area (Å²) in [5, 5.41) is 14.0. The fourth-order valence-corrected chi connectivity index (χ4v) is 3.03. The van der Waals surface area contributed by atoms with Gasteiger partial charge in [-0.25, -0.2) is 0 Å². The Bertz CT molecular complexity index is 479. The van der Waals surface area contributed by atoms with Gasteiger partial charge >= 0.3 is 0 Å². The van der Waals surface area contributed by atoms with Gasteiger partial charge in [0.1, 0.15) is 0 Å². The van der Waals surface area contributed by atoms with E-state index in [4.69, 9.17) is 23.2 Å². The monoisotopic (exact) mass is 315 g/mol. The Morgan fingerprint density at radius 1 is 1.25 bits per heavy atom. The standard InChI is InChI=1S/C15H19Cl2NO2/c16-11-7-6-10(12(17)9-11)8-15(20)18-13-4-2-1-3-5-14(13)19/h6-7,9,13-14,19H,1-5,8H2,(H,18,20). The van der Waals surface area contributed by atoms with E-state index in [0.717, 1.165) is 37.7 Å². The van der Waals surface area contributed by atoms with E-state index in [1.165, 1.54) is 0 Å². The summed E-state index contributed by atoms with van der Waals surface area (Å²) in [4.78, 5) is 12.1. The summed E-state index contributed by atoms with van der Waals surface area (Å²) in [6.07, 6.45) is 4.54. The molecular formula is C15H19Cl2NO2. The van der Waals surface area contributed by atoms with Crippen molar-refractivity contribution in [3.8, 4) is 0 Å². The number of aliphatic hydroxyl groups is 1. The fraction of sp³-hybridized carbons (Fsp3) is 0.533. The van der Waals surface area contributed by atoms with Gasteiger partial charge in [0, 0.05) is 10.0 Å². The summed E-state index contributed by atoms with van der Waals surface area (Å²) in [7, 11) is 0. The van der Waals surface area contributed by atoms with Crippen molar-refractivity contribution in [3.05, 3.63) is 33.8 Å². The van der Waals surface area contributed by atoms with E-state index in [1.54, 1.807) is 18.2 Å². The Labute approximate surface area is 129 Å². The number of carbonyl (C=O) groups excluding carboxylic acids is 1. The molecule has 0 saturated heterocycles. The number of halogens is 2. The lowest BCUT2D eigenvalue weighted by atomic mass is 10.1. The van der Waals surface area contributed by atoms with E-state index in [9.17, 15) is 9.90 Å². The first kappa shape index (κ1) is 15.6. The van der Waals surface area contributed by atoms with Crippen molar-refractivity contribution < 1.29 is 9.90 Å². The van der Waals surface area contributed by atoms with Gasteiger partial charge in [0.05, 0.1) is 18.6 Å². The highest BCUT2D eigenvalue weighted by molar-refractivity contribution is 6.35. The van der Waals surface area contributed by atoms with Crippen LogP contribution in [0.3, 0.4) is 0 Å². The maximum atomic E-state index is 12.1. The van der Waals surface area contributed by atoms with Gasteiger partial charge < -0.3 is 10.4 Å². The van der Waals surface area contributed by atoms with Crippen molar-refractivity contribution in [2.24, 2.45) is 0 Å². The number of benzene rings is 1. The van der Waals surface area contributed by atoms with E-state index in [2.05, 4.69) is 5.32 Å². The van der Waals surface area contributed by atoms with Crippen LogP contribution in [0.1, 0.15) is 37.7 Å². The van der Waals surface area contributed by atoms with Gasteiger partial charge in [-0.1, -0.05) is 48.5 Å². The molecule has 5 heteroatoms. The summed E-state index contributed by atoms with van der Waals surface area (Å²) in [6, 6.07) is 4.97. The molecule has 0 aliphatic heterocycles. The third kappa shape index (κ3) is 4.37. The van der Waals surface area contributed by atoms with Crippen LogP contribution >= 0.6 is 23.2 Å². The first-order chi connectivity index (χ1) is 9.56. The Morgan fingerprint density at radius 2 is 2.00 bits per heavy atom. The lowest BCUT2D eigenvalue weighted by molar-refractivity contribution is -0.122. The van der Waals surface area contributed by atoms with Crippen LogP contribution in [0.4, 0.5) is 0 Å². The summed E-state index contributed by atoms with van der Waals surface area (Å²) < 4.78 is 0. The highest BCUT2D eigenvalue weighted by atomic mass is 35.5. The molecule has 20 heavy (non-hydrogen) atoms. The minimum Gasteiger partial charge on any atom is -0.391 e. The zero-order valence-corrected chi connectivity index (χ0v) is 12.8. The van der Waals surface area contributed by atoms with Gasteiger partial charge in [-0.05, 0) is 30.5 Å². The normalized spacial score (nSPS) is 23.1. The van der Waals surface area contributed by atoms with E-state index in [-0.39, 0.29) is 18.4 Å². The molecule has 0 heterocycles. The lowest BCUT2D eigenvalue weighted by Gasteiger charge is -2.21. The van der Waals surface area contributed by atoms with E-state index in [1.807, 2.05) is 0 Å². The van der Waals surface area contributed by atoms with Gasteiger partial charge in [-0.3, -0.25) is 4.79 Å². The van der Waals surface area contributed by atoms with Gasteiger partial charge in [0.15, 0.2) is 0 Å². The molecule has 1 aromatic carbocycles. The molecular weight excluding hydrogens is 297 g/mol. The number of nitrogens with one attached hydrogen (secondary N) is 1. The summed E-state index contributed by atoms with van der Waals surface area (Å²) >= 11 is 11.9. The molecule has 110 valence electrons. The number of hydrogen-bond acceptors (Lipinski definition) is 2. The van der Waals surface area contributed by atoms with Crippen LogP contribution in [-0.4, -0.2) is 23.2 Å². The summed E-state index contributed by atoms with van der Waals surface area (Å²) in [5.41, 5.74) is 0.747. The Kier molecular flexibility index (Phi) is 5.70. The lowest BCUT2D eigenvalue weighted by Crippen LogP contribution is -2.43. The predicted octanol–water partition coefficient (Wildman–Crippen LogP) is 3.35. The molecule has 1 aliphatic carbocycles. The van der Waals surface area contributed by atoms with Crippen molar-refractivity contribution in [3.63, 3.8) is 0 Å². The van der Waals surface area contributed by atoms with Crippen LogP contribution in [0.2, 0.25) is 10.0 Å². The van der Waals surface area contributed by atoms with Crippen LogP contribution in [0.25, 0.3) is 0 Å². The van der Waals surface area contributed by atoms with Crippen LogP contribution in [0.5, 0.6) is 0 Å². The number of carbonyl (C=O) groups is 1. The molecule has 0 bridgehead atoms. The van der Waals surface area contributed by atoms with Gasteiger partial charge in [0.2, 0.25) is 5.91 Å². The molecule has 2 atom stereocenters. The van der Waals surface area contributed by atoms with Crippen molar-refractivity contribution in [2.75, 3.05) is 0 Å². The largest absolute Gasteiger partial charge is 0.391 e.